The third-order valence-corrected chi connectivity index (χ3v) is 3.31. The zero-order valence-corrected chi connectivity index (χ0v) is 9.68. The molecule has 0 aliphatic heterocycles. The van der Waals surface area contributed by atoms with Crippen LogP contribution >= 0.6 is 11.6 Å². The third kappa shape index (κ3) is 1.24. The molecular weight excluding hydrogens is 208 g/mol. The summed E-state index contributed by atoms with van der Waals surface area (Å²) in [7, 11) is 1.90. The Morgan fingerprint density at radius 1 is 1.27 bits per heavy atom. The number of hydrogen-bond donors (Lipinski definition) is 0. The highest BCUT2D eigenvalue weighted by Gasteiger charge is 2.13. The van der Waals surface area contributed by atoms with Gasteiger partial charge in [-0.25, -0.2) is 0 Å². The predicted molar refractivity (Wildman–Crippen MR) is 62.1 cm³/mol. The second kappa shape index (κ2) is 3.29. The molecular formula is C12H11ClN2. The Kier molecular flexibility index (Phi) is 2.21. The summed E-state index contributed by atoms with van der Waals surface area (Å²) in [5.41, 5.74) is 3.81. The molecule has 0 saturated carbocycles. The van der Waals surface area contributed by atoms with Gasteiger partial charge in [0, 0.05) is 17.5 Å². The molecule has 2 rings (SSSR count). The van der Waals surface area contributed by atoms with E-state index < -0.39 is 0 Å². The Hall–Kier alpha value is -1.46. The van der Waals surface area contributed by atoms with E-state index in [0.29, 0.717) is 5.69 Å². The van der Waals surface area contributed by atoms with Crippen molar-refractivity contribution in [3.8, 4) is 6.07 Å². The van der Waals surface area contributed by atoms with E-state index in [1.54, 1.807) is 0 Å². The topological polar surface area (TPSA) is 28.7 Å². The number of hydrogen-bond acceptors (Lipinski definition) is 1. The zero-order chi connectivity index (χ0) is 11.2. The van der Waals surface area contributed by atoms with Crippen molar-refractivity contribution in [2.24, 2.45) is 7.05 Å². The van der Waals surface area contributed by atoms with Crippen molar-refractivity contribution >= 4 is 22.5 Å². The smallest absolute Gasteiger partial charge is 0.124 e. The molecule has 0 N–H and O–H groups in total. The average Bonchev–Trinajstić information content (AvgIpc) is 2.45. The lowest BCUT2D eigenvalue weighted by atomic mass is 10.1. The van der Waals surface area contributed by atoms with Gasteiger partial charge in [-0.05, 0) is 31.0 Å². The molecule has 0 saturated heterocycles. The molecule has 0 amide bonds. The molecule has 0 aliphatic carbocycles. The molecule has 0 unspecified atom stereocenters. The van der Waals surface area contributed by atoms with Crippen molar-refractivity contribution < 1.29 is 0 Å². The van der Waals surface area contributed by atoms with Crippen molar-refractivity contribution in [2.75, 3.05) is 0 Å². The number of aromatic nitrogens is 1. The molecule has 76 valence electrons. The Labute approximate surface area is 93.7 Å². The average molecular weight is 219 g/mol. The van der Waals surface area contributed by atoms with Gasteiger partial charge in [0.15, 0.2) is 0 Å². The lowest BCUT2D eigenvalue weighted by molar-refractivity contribution is 0.936. The zero-order valence-electron chi connectivity index (χ0n) is 8.93. The van der Waals surface area contributed by atoms with E-state index in [1.807, 2.05) is 37.6 Å². The molecule has 2 aromatic rings. The Balaban J connectivity index is 3.04. The second-order valence-corrected chi connectivity index (χ2v) is 4.12. The van der Waals surface area contributed by atoms with Crippen LogP contribution in [0.4, 0.5) is 0 Å². The first-order valence-corrected chi connectivity index (χ1v) is 5.10. The van der Waals surface area contributed by atoms with E-state index in [9.17, 15) is 0 Å². The van der Waals surface area contributed by atoms with E-state index in [1.165, 1.54) is 0 Å². The summed E-state index contributed by atoms with van der Waals surface area (Å²) < 4.78 is 1.91. The molecule has 1 heterocycles. The van der Waals surface area contributed by atoms with Crippen LogP contribution in [0.25, 0.3) is 10.9 Å². The van der Waals surface area contributed by atoms with Gasteiger partial charge >= 0.3 is 0 Å². The van der Waals surface area contributed by atoms with Gasteiger partial charge in [-0.2, -0.15) is 5.26 Å². The highest BCUT2D eigenvalue weighted by atomic mass is 35.5. The van der Waals surface area contributed by atoms with Crippen molar-refractivity contribution in [3.05, 3.63) is 34.0 Å². The Bertz CT molecular complexity index is 588. The SMILES string of the molecule is Cc1c(C#N)n(C)c2c(C)c(Cl)ccc12. The van der Waals surface area contributed by atoms with Crippen molar-refractivity contribution in [1.29, 1.82) is 5.26 Å². The monoisotopic (exact) mass is 218 g/mol. The van der Waals surface area contributed by atoms with Gasteiger partial charge in [0.1, 0.15) is 11.8 Å². The van der Waals surface area contributed by atoms with Crippen LogP contribution in [0.1, 0.15) is 16.8 Å². The highest BCUT2D eigenvalue weighted by Crippen LogP contribution is 2.30. The lowest BCUT2D eigenvalue weighted by Gasteiger charge is -2.03. The molecule has 0 spiro atoms. The van der Waals surface area contributed by atoms with Crippen molar-refractivity contribution in [3.63, 3.8) is 0 Å². The summed E-state index contributed by atoms with van der Waals surface area (Å²) in [5.74, 6) is 0. The summed E-state index contributed by atoms with van der Waals surface area (Å²) in [6.07, 6.45) is 0. The standard InChI is InChI=1S/C12H11ClN2/c1-7-9-4-5-10(13)8(2)12(9)15(3)11(7)6-14/h4-5H,1-3H3. The molecule has 1 aromatic heterocycles. The second-order valence-electron chi connectivity index (χ2n) is 3.71. The number of benzene rings is 1. The maximum absolute atomic E-state index is 9.06. The fourth-order valence-electron chi connectivity index (χ4n) is 2.06. The molecule has 2 nitrogen and oxygen atoms in total. The van der Waals surface area contributed by atoms with Crippen LogP contribution in [-0.4, -0.2) is 4.57 Å². The van der Waals surface area contributed by atoms with Crippen LogP contribution < -0.4 is 0 Å². The van der Waals surface area contributed by atoms with Gasteiger partial charge in [-0.1, -0.05) is 17.7 Å². The first kappa shape index (κ1) is 10.1. The van der Waals surface area contributed by atoms with Crippen molar-refractivity contribution in [2.45, 2.75) is 13.8 Å². The highest BCUT2D eigenvalue weighted by molar-refractivity contribution is 6.32. The fraction of sp³-hybridized carbons (Fsp3) is 0.250. The minimum absolute atomic E-state index is 0.704. The van der Waals surface area contributed by atoms with Gasteiger partial charge in [-0.15, -0.1) is 0 Å². The fourth-order valence-corrected chi connectivity index (χ4v) is 2.21. The van der Waals surface area contributed by atoms with Crippen LogP contribution in [0, 0.1) is 25.2 Å². The molecule has 0 atom stereocenters. The van der Waals surface area contributed by atoms with Crippen LogP contribution in [0.3, 0.4) is 0 Å². The van der Waals surface area contributed by atoms with Gasteiger partial charge < -0.3 is 4.57 Å². The van der Waals surface area contributed by atoms with Crippen LogP contribution in [-0.2, 0) is 7.05 Å². The normalized spacial score (nSPS) is 10.6. The summed E-state index contributed by atoms with van der Waals surface area (Å²) >= 11 is 6.07. The van der Waals surface area contributed by atoms with Gasteiger partial charge in [0.2, 0.25) is 0 Å². The molecule has 1 aromatic carbocycles. The molecule has 15 heavy (non-hydrogen) atoms. The molecule has 0 radical (unpaired) electrons. The van der Waals surface area contributed by atoms with E-state index in [4.69, 9.17) is 16.9 Å². The molecule has 0 bridgehead atoms. The molecule has 0 aliphatic rings. The maximum atomic E-state index is 9.06. The Morgan fingerprint density at radius 2 is 1.93 bits per heavy atom. The summed E-state index contributed by atoms with van der Waals surface area (Å²) in [4.78, 5) is 0. The van der Waals surface area contributed by atoms with Gasteiger partial charge in [-0.3, -0.25) is 0 Å². The number of nitrogens with zero attached hydrogens (tertiary/aromatic N) is 2. The number of rotatable bonds is 0. The predicted octanol–water partition coefficient (Wildman–Crippen LogP) is 3.32. The number of aryl methyl sites for hydroxylation is 3. The minimum Gasteiger partial charge on any atom is -0.335 e. The summed E-state index contributed by atoms with van der Waals surface area (Å²) in [6.45, 7) is 3.94. The molecule has 0 fully saturated rings. The van der Waals surface area contributed by atoms with Crippen molar-refractivity contribution in [1.82, 2.24) is 4.57 Å². The largest absolute Gasteiger partial charge is 0.335 e. The number of halogens is 1. The van der Waals surface area contributed by atoms with Crippen LogP contribution in [0.5, 0.6) is 0 Å². The van der Waals surface area contributed by atoms with E-state index in [-0.39, 0.29) is 0 Å². The van der Waals surface area contributed by atoms with Crippen LogP contribution in [0.15, 0.2) is 12.1 Å². The summed E-state index contributed by atoms with van der Waals surface area (Å²) in [6, 6.07) is 6.07. The quantitative estimate of drug-likeness (QED) is 0.667. The lowest BCUT2D eigenvalue weighted by Crippen LogP contribution is -1.93. The van der Waals surface area contributed by atoms with E-state index in [2.05, 4.69) is 6.07 Å². The maximum Gasteiger partial charge on any atom is 0.124 e. The van der Waals surface area contributed by atoms with Crippen LogP contribution in [0.2, 0.25) is 5.02 Å². The number of fused-ring (bicyclic) bond motifs is 1. The first-order chi connectivity index (χ1) is 7.07. The van der Waals surface area contributed by atoms with Gasteiger partial charge in [0.25, 0.3) is 0 Å². The van der Waals surface area contributed by atoms with E-state index in [0.717, 1.165) is 27.1 Å². The molecule has 3 heteroatoms. The van der Waals surface area contributed by atoms with E-state index >= 15 is 0 Å². The summed E-state index contributed by atoms with van der Waals surface area (Å²) in [5, 5.41) is 10.9. The van der Waals surface area contributed by atoms with Gasteiger partial charge in [0.05, 0.1) is 5.52 Å². The number of nitriles is 1. The first-order valence-electron chi connectivity index (χ1n) is 4.72. The third-order valence-electron chi connectivity index (χ3n) is 2.90. The Morgan fingerprint density at radius 3 is 2.53 bits per heavy atom. The minimum atomic E-state index is 0.704.